The Morgan fingerprint density at radius 2 is 0.545 bits per heavy atom. The normalized spacial score (nSPS) is 14.7. The SMILES string of the molecule is FC(F)(F)C(F)(F)C(F)(F)C(F)(F)C(F)(F)C(F)(F)CCSc1ccc(OCc2ccc(COc3ccc(SCCC(F)(F)C(F)(F)C(F)(F)C(F)(F)C(F)(F)C(F)(F)F)cc3)cc2)cc1. The van der Waals surface area contributed by atoms with Crippen LogP contribution in [0.4, 0.5) is 114 Å². The van der Waals surface area contributed by atoms with Gasteiger partial charge in [0.2, 0.25) is 0 Å². The third-order valence-corrected chi connectivity index (χ3v) is 10.9. The minimum Gasteiger partial charge on any atom is -0.489 e. The highest BCUT2D eigenvalue weighted by Gasteiger charge is 2.92. The number of alkyl halides is 26. The number of benzene rings is 3. The van der Waals surface area contributed by atoms with Gasteiger partial charge < -0.3 is 9.47 Å². The molecular formula is C36H24F26O2S2. The largest absolute Gasteiger partial charge is 0.489 e. The summed E-state index contributed by atoms with van der Waals surface area (Å²) in [6.07, 6.45) is -19.8. The minimum absolute atomic E-state index is 0.0314. The van der Waals surface area contributed by atoms with Crippen molar-refractivity contribution in [2.75, 3.05) is 11.5 Å². The minimum atomic E-state index is -7.99. The summed E-state index contributed by atoms with van der Waals surface area (Å²) in [4.78, 5) is -0.0629. The third kappa shape index (κ3) is 10.7. The average molecular weight is 1050 g/mol. The van der Waals surface area contributed by atoms with E-state index in [1.807, 2.05) is 0 Å². The van der Waals surface area contributed by atoms with Gasteiger partial charge in [-0.1, -0.05) is 24.3 Å². The molecule has 0 radical (unpaired) electrons. The van der Waals surface area contributed by atoms with Crippen LogP contribution in [0.15, 0.2) is 82.6 Å². The van der Waals surface area contributed by atoms with Gasteiger partial charge in [0.25, 0.3) is 0 Å². The van der Waals surface area contributed by atoms with Gasteiger partial charge in [-0.05, 0) is 59.7 Å². The van der Waals surface area contributed by atoms with Crippen molar-refractivity contribution in [3.63, 3.8) is 0 Å². The van der Waals surface area contributed by atoms with Crippen LogP contribution >= 0.6 is 23.5 Å². The molecule has 0 spiro atoms. The molecule has 0 saturated carbocycles. The quantitative estimate of drug-likeness (QED) is 0.0737. The summed E-state index contributed by atoms with van der Waals surface area (Å²) in [5.41, 5.74) is 1.02. The summed E-state index contributed by atoms with van der Waals surface area (Å²) in [7, 11) is 0. The highest BCUT2D eigenvalue weighted by atomic mass is 32.2. The van der Waals surface area contributed by atoms with Gasteiger partial charge in [0.05, 0.1) is 0 Å². The van der Waals surface area contributed by atoms with E-state index in [-0.39, 0.29) is 58.0 Å². The fraction of sp³-hybridized carbons (Fsp3) is 0.500. The lowest BCUT2D eigenvalue weighted by atomic mass is 9.93. The van der Waals surface area contributed by atoms with Crippen LogP contribution in [0, 0.1) is 0 Å². The van der Waals surface area contributed by atoms with Crippen molar-refractivity contribution >= 4 is 23.5 Å². The molecule has 3 aromatic rings. The molecule has 0 amide bonds. The van der Waals surface area contributed by atoms with Gasteiger partial charge in [0.15, 0.2) is 0 Å². The Morgan fingerprint density at radius 3 is 0.788 bits per heavy atom. The predicted molar refractivity (Wildman–Crippen MR) is 180 cm³/mol. The monoisotopic (exact) mass is 1050 g/mol. The molecule has 0 saturated heterocycles. The van der Waals surface area contributed by atoms with Gasteiger partial charge in [-0.15, -0.1) is 23.5 Å². The molecule has 0 fully saturated rings. The molecule has 0 aliphatic rings. The third-order valence-electron chi connectivity index (χ3n) is 8.85. The van der Waals surface area contributed by atoms with Crippen molar-refractivity contribution < 1.29 is 124 Å². The van der Waals surface area contributed by atoms with Crippen molar-refractivity contribution in [1.29, 1.82) is 0 Å². The van der Waals surface area contributed by atoms with Gasteiger partial charge in [0, 0.05) is 34.1 Å². The van der Waals surface area contributed by atoms with Crippen LogP contribution < -0.4 is 9.47 Å². The second kappa shape index (κ2) is 18.9. The van der Waals surface area contributed by atoms with Crippen molar-refractivity contribution in [3.05, 3.63) is 83.9 Å². The fourth-order valence-corrected chi connectivity index (χ4v) is 6.69. The smallest absolute Gasteiger partial charge is 0.460 e. The lowest BCUT2D eigenvalue weighted by Crippen LogP contribution is -2.70. The molecule has 66 heavy (non-hydrogen) atoms. The van der Waals surface area contributed by atoms with Crippen LogP contribution in [0.3, 0.4) is 0 Å². The summed E-state index contributed by atoms with van der Waals surface area (Å²) in [5, 5.41) is 0. The highest BCUT2D eigenvalue weighted by molar-refractivity contribution is 7.99. The van der Waals surface area contributed by atoms with Crippen LogP contribution in [0.25, 0.3) is 0 Å². The first-order valence-corrected chi connectivity index (χ1v) is 19.2. The van der Waals surface area contributed by atoms with Crippen molar-refractivity contribution in [1.82, 2.24) is 0 Å². The van der Waals surface area contributed by atoms with Crippen molar-refractivity contribution in [2.24, 2.45) is 0 Å². The van der Waals surface area contributed by atoms with Crippen LogP contribution in [0.2, 0.25) is 0 Å². The van der Waals surface area contributed by atoms with E-state index in [2.05, 4.69) is 0 Å². The maximum atomic E-state index is 14.0. The standard InChI is InChI=1S/C36H24F26O2S2/c37-25(38,27(41,42)29(45,46)31(49,50)33(53,54)35(57,58)59)13-15-65-23-9-5-21(6-10-23)63-17-19-1-2-20(4-3-19)18-64-22-7-11-24(12-8-22)66-16-14-26(39,40)28(43,44)30(47,48)32(51,52)34(55,56)36(60,61)62/h1-12H,13-18H2. The van der Waals surface area contributed by atoms with E-state index in [0.29, 0.717) is 11.1 Å². The number of hydrogen-bond acceptors (Lipinski definition) is 4. The Hall–Kier alpha value is -3.86. The van der Waals surface area contributed by atoms with E-state index < -0.39 is 95.9 Å². The Kier molecular flexibility index (Phi) is 16.2. The van der Waals surface area contributed by atoms with E-state index in [0.717, 1.165) is 24.3 Å². The van der Waals surface area contributed by atoms with E-state index in [1.54, 1.807) is 0 Å². The molecule has 0 aliphatic carbocycles. The maximum Gasteiger partial charge on any atom is 0.460 e. The summed E-state index contributed by atoms with van der Waals surface area (Å²) in [5.74, 6) is -76.9. The van der Waals surface area contributed by atoms with E-state index in [1.165, 1.54) is 48.5 Å². The fourth-order valence-electron chi connectivity index (χ4n) is 4.84. The summed E-state index contributed by atoms with van der Waals surface area (Å²) in [6, 6.07) is 15.4. The molecule has 0 unspecified atom stereocenters. The number of halogens is 26. The lowest BCUT2D eigenvalue weighted by Gasteiger charge is -2.39. The van der Waals surface area contributed by atoms with E-state index >= 15 is 0 Å². The van der Waals surface area contributed by atoms with E-state index in [4.69, 9.17) is 9.47 Å². The topological polar surface area (TPSA) is 18.5 Å². The zero-order valence-electron chi connectivity index (χ0n) is 31.6. The molecule has 0 N–H and O–H groups in total. The highest BCUT2D eigenvalue weighted by Crippen LogP contribution is 2.62. The number of hydrogen-bond donors (Lipinski definition) is 0. The molecule has 3 aromatic carbocycles. The molecule has 30 heteroatoms. The lowest BCUT2D eigenvalue weighted by molar-refractivity contribution is -0.439. The Morgan fingerprint density at radius 1 is 0.303 bits per heavy atom. The summed E-state index contributed by atoms with van der Waals surface area (Å²) >= 11 is 0.507. The molecule has 0 atom stereocenters. The molecular weight excluding hydrogens is 1020 g/mol. The van der Waals surface area contributed by atoms with Gasteiger partial charge in [0.1, 0.15) is 24.7 Å². The van der Waals surface area contributed by atoms with Crippen molar-refractivity contribution in [2.45, 2.75) is 107 Å². The second-order valence-corrected chi connectivity index (χ2v) is 15.9. The van der Waals surface area contributed by atoms with Crippen LogP contribution in [0.1, 0.15) is 24.0 Å². The molecule has 374 valence electrons. The van der Waals surface area contributed by atoms with Crippen LogP contribution in [-0.4, -0.2) is 83.1 Å². The first-order valence-electron chi connectivity index (χ1n) is 17.3. The van der Waals surface area contributed by atoms with Gasteiger partial charge in [-0.3, -0.25) is 0 Å². The van der Waals surface area contributed by atoms with Crippen LogP contribution in [-0.2, 0) is 13.2 Å². The van der Waals surface area contributed by atoms with Crippen LogP contribution in [0.5, 0.6) is 11.5 Å². The Labute approximate surface area is 361 Å². The van der Waals surface area contributed by atoms with Gasteiger partial charge in [-0.25, -0.2) is 0 Å². The molecule has 0 aliphatic heterocycles. The van der Waals surface area contributed by atoms with E-state index in [9.17, 15) is 114 Å². The number of thioether (sulfide) groups is 2. The summed E-state index contributed by atoms with van der Waals surface area (Å²) in [6.45, 7) is -0.264. The molecule has 2 nitrogen and oxygen atoms in total. The van der Waals surface area contributed by atoms with Gasteiger partial charge >= 0.3 is 71.6 Å². The Bertz CT molecular complexity index is 1900. The zero-order valence-corrected chi connectivity index (χ0v) is 33.3. The zero-order chi connectivity index (χ0) is 51.0. The average Bonchev–Trinajstić information content (AvgIpc) is 3.19. The number of ether oxygens (including phenoxy) is 2. The number of rotatable bonds is 22. The molecule has 0 aromatic heterocycles. The summed E-state index contributed by atoms with van der Waals surface area (Å²) < 4.78 is 357. The molecule has 0 bridgehead atoms. The second-order valence-electron chi connectivity index (χ2n) is 13.5. The first kappa shape index (κ1) is 56.5. The Balaban J connectivity index is 1.48. The van der Waals surface area contributed by atoms with Gasteiger partial charge in [-0.2, -0.15) is 114 Å². The predicted octanol–water partition coefficient (Wildman–Crippen LogP) is 15.3. The molecule has 0 heterocycles. The maximum absolute atomic E-state index is 14.0. The first-order chi connectivity index (χ1) is 29.6. The molecule has 3 rings (SSSR count). The van der Waals surface area contributed by atoms with Crippen molar-refractivity contribution in [3.8, 4) is 11.5 Å².